The second-order valence-corrected chi connectivity index (χ2v) is 6.55. The van der Waals surface area contributed by atoms with Gasteiger partial charge < -0.3 is 14.8 Å². The lowest BCUT2D eigenvalue weighted by atomic mass is 9.89. The van der Waals surface area contributed by atoms with Gasteiger partial charge in [-0.25, -0.2) is 0 Å². The molecule has 1 unspecified atom stereocenters. The van der Waals surface area contributed by atoms with E-state index in [1.165, 1.54) is 5.56 Å². The van der Waals surface area contributed by atoms with Crippen molar-refractivity contribution in [2.45, 2.75) is 19.4 Å². The maximum Gasteiger partial charge on any atom is 0.123 e. The van der Waals surface area contributed by atoms with Crippen LogP contribution in [0.5, 0.6) is 5.75 Å². The third kappa shape index (κ3) is 2.56. The first kappa shape index (κ1) is 12.5. The lowest BCUT2D eigenvalue weighted by Crippen LogP contribution is -2.48. The van der Waals surface area contributed by atoms with Crippen LogP contribution in [-0.4, -0.2) is 32.4 Å². The zero-order chi connectivity index (χ0) is 12.6. The van der Waals surface area contributed by atoms with E-state index in [4.69, 9.17) is 9.47 Å². The number of nitrogens with one attached hydrogen (secondary N) is 1. The van der Waals surface area contributed by atoms with Crippen LogP contribution in [0.4, 0.5) is 0 Å². The highest BCUT2D eigenvalue weighted by Gasteiger charge is 2.33. The summed E-state index contributed by atoms with van der Waals surface area (Å²) in [6, 6.07) is 6.22. The summed E-state index contributed by atoms with van der Waals surface area (Å²) in [6.07, 6.45) is 1.26. The van der Waals surface area contributed by atoms with Crippen LogP contribution in [0.25, 0.3) is 0 Å². The van der Waals surface area contributed by atoms with Crippen molar-refractivity contribution in [3.63, 3.8) is 0 Å². The van der Waals surface area contributed by atoms with Crippen LogP contribution >= 0.6 is 15.9 Å². The van der Waals surface area contributed by atoms with Gasteiger partial charge in [-0.1, -0.05) is 22.9 Å². The first-order valence-electron chi connectivity index (χ1n) is 6.38. The molecule has 4 heteroatoms. The third-order valence-corrected chi connectivity index (χ3v) is 4.08. The fraction of sp³-hybridized carbons (Fsp3) is 0.571. The highest BCUT2D eigenvalue weighted by atomic mass is 79.9. The minimum absolute atomic E-state index is 0.263. The molecule has 0 amide bonds. The van der Waals surface area contributed by atoms with Crippen molar-refractivity contribution in [3.8, 4) is 5.75 Å². The zero-order valence-electron chi connectivity index (χ0n) is 10.5. The Kier molecular flexibility index (Phi) is 3.34. The Balaban J connectivity index is 1.49. The van der Waals surface area contributed by atoms with E-state index >= 15 is 0 Å². The molecule has 3 nitrogen and oxygen atoms in total. The Bertz CT molecular complexity index is 445. The van der Waals surface area contributed by atoms with Crippen molar-refractivity contribution in [1.82, 2.24) is 5.32 Å². The summed E-state index contributed by atoms with van der Waals surface area (Å²) < 4.78 is 12.3. The van der Waals surface area contributed by atoms with Gasteiger partial charge >= 0.3 is 0 Å². The number of fused-ring (bicyclic) bond motifs is 1. The van der Waals surface area contributed by atoms with Crippen LogP contribution in [0.1, 0.15) is 12.5 Å². The van der Waals surface area contributed by atoms with Crippen molar-refractivity contribution in [2.75, 3.05) is 26.3 Å². The van der Waals surface area contributed by atoms with Gasteiger partial charge in [-0.2, -0.15) is 0 Å². The lowest BCUT2D eigenvalue weighted by Gasteiger charge is -2.38. The van der Waals surface area contributed by atoms with Gasteiger partial charge in [-0.15, -0.1) is 0 Å². The summed E-state index contributed by atoms with van der Waals surface area (Å²) >= 11 is 3.50. The maximum atomic E-state index is 5.91. The minimum Gasteiger partial charge on any atom is -0.488 e. The fourth-order valence-corrected chi connectivity index (χ4v) is 2.90. The molecule has 0 aliphatic carbocycles. The van der Waals surface area contributed by atoms with Gasteiger partial charge in [-0.05, 0) is 23.8 Å². The molecule has 2 aliphatic rings. The van der Waals surface area contributed by atoms with E-state index < -0.39 is 0 Å². The molecule has 1 fully saturated rings. The van der Waals surface area contributed by atoms with E-state index in [0.29, 0.717) is 5.41 Å². The molecule has 98 valence electrons. The van der Waals surface area contributed by atoms with Crippen LogP contribution in [0.15, 0.2) is 22.7 Å². The Hall–Kier alpha value is -0.580. The number of halogens is 1. The Morgan fingerprint density at radius 2 is 2.28 bits per heavy atom. The largest absolute Gasteiger partial charge is 0.488 e. The number of hydrogen-bond acceptors (Lipinski definition) is 3. The molecule has 1 aromatic carbocycles. The molecule has 2 heterocycles. The first-order chi connectivity index (χ1) is 8.65. The van der Waals surface area contributed by atoms with E-state index in [-0.39, 0.29) is 6.10 Å². The summed E-state index contributed by atoms with van der Waals surface area (Å²) in [4.78, 5) is 0. The zero-order valence-corrected chi connectivity index (χ0v) is 12.1. The molecule has 0 spiro atoms. The molecule has 18 heavy (non-hydrogen) atoms. The second-order valence-electron chi connectivity index (χ2n) is 5.63. The summed E-state index contributed by atoms with van der Waals surface area (Å²) in [6.45, 7) is 5.91. The lowest BCUT2D eigenvalue weighted by molar-refractivity contribution is -0.0994. The number of benzene rings is 1. The Morgan fingerprint density at radius 3 is 3.00 bits per heavy atom. The fourth-order valence-electron chi connectivity index (χ4n) is 2.49. The number of rotatable bonds is 4. The summed E-state index contributed by atoms with van der Waals surface area (Å²) in [5, 5.41) is 3.50. The van der Waals surface area contributed by atoms with E-state index in [1.54, 1.807) is 0 Å². The molecule has 0 aromatic heterocycles. The van der Waals surface area contributed by atoms with Gasteiger partial charge in [0.1, 0.15) is 11.9 Å². The Morgan fingerprint density at radius 1 is 1.44 bits per heavy atom. The van der Waals surface area contributed by atoms with Gasteiger partial charge in [0, 0.05) is 29.4 Å². The van der Waals surface area contributed by atoms with Crippen LogP contribution in [0.2, 0.25) is 0 Å². The molecule has 2 aliphatic heterocycles. The summed E-state index contributed by atoms with van der Waals surface area (Å²) in [7, 11) is 0. The average molecular weight is 312 g/mol. The van der Waals surface area contributed by atoms with Crippen LogP contribution in [0, 0.1) is 5.41 Å². The van der Waals surface area contributed by atoms with Gasteiger partial charge in [0.05, 0.1) is 13.2 Å². The Labute approximate surface area is 116 Å². The van der Waals surface area contributed by atoms with Crippen LogP contribution in [0.3, 0.4) is 0 Å². The summed E-state index contributed by atoms with van der Waals surface area (Å²) in [5.41, 5.74) is 1.63. The van der Waals surface area contributed by atoms with Gasteiger partial charge in [-0.3, -0.25) is 0 Å². The highest BCUT2D eigenvalue weighted by molar-refractivity contribution is 9.10. The molecule has 1 aromatic rings. The van der Waals surface area contributed by atoms with Crippen LogP contribution in [-0.2, 0) is 11.2 Å². The van der Waals surface area contributed by atoms with Crippen molar-refractivity contribution < 1.29 is 9.47 Å². The minimum atomic E-state index is 0.263. The van der Waals surface area contributed by atoms with E-state index in [2.05, 4.69) is 34.2 Å². The maximum absolute atomic E-state index is 5.91. The van der Waals surface area contributed by atoms with Crippen molar-refractivity contribution in [1.29, 1.82) is 0 Å². The van der Waals surface area contributed by atoms with Gasteiger partial charge in [0.2, 0.25) is 0 Å². The topological polar surface area (TPSA) is 30.5 Å². The summed E-state index contributed by atoms with van der Waals surface area (Å²) in [5.74, 6) is 1.03. The smallest absolute Gasteiger partial charge is 0.123 e. The van der Waals surface area contributed by atoms with Crippen LogP contribution < -0.4 is 10.1 Å². The SMILES string of the molecule is CC1(CNCC2Cc3cc(Br)ccc3O2)COC1. The number of ether oxygens (including phenoxy) is 2. The predicted octanol–water partition coefficient (Wildman–Crippen LogP) is 2.38. The van der Waals surface area contributed by atoms with Crippen molar-refractivity contribution in [3.05, 3.63) is 28.2 Å². The quantitative estimate of drug-likeness (QED) is 0.926. The molecular weight excluding hydrogens is 294 g/mol. The normalized spacial score (nSPS) is 24.2. The molecule has 1 atom stereocenters. The van der Waals surface area contributed by atoms with Gasteiger partial charge in [0.15, 0.2) is 0 Å². The van der Waals surface area contributed by atoms with E-state index in [0.717, 1.165) is 42.9 Å². The standard InChI is InChI=1S/C14H18BrNO2/c1-14(8-17-9-14)7-16-6-12-5-10-4-11(15)2-3-13(10)18-12/h2-4,12,16H,5-9H2,1H3. The first-order valence-corrected chi connectivity index (χ1v) is 7.18. The molecule has 1 N–H and O–H groups in total. The molecule has 1 saturated heterocycles. The molecule has 0 saturated carbocycles. The molecule has 0 bridgehead atoms. The monoisotopic (exact) mass is 311 g/mol. The van der Waals surface area contributed by atoms with E-state index in [9.17, 15) is 0 Å². The van der Waals surface area contributed by atoms with E-state index in [1.807, 2.05) is 12.1 Å². The number of hydrogen-bond donors (Lipinski definition) is 1. The third-order valence-electron chi connectivity index (χ3n) is 3.59. The van der Waals surface area contributed by atoms with Crippen molar-refractivity contribution >= 4 is 15.9 Å². The second kappa shape index (κ2) is 4.83. The van der Waals surface area contributed by atoms with Crippen molar-refractivity contribution in [2.24, 2.45) is 5.41 Å². The highest BCUT2D eigenvalue weighted by Crippen LogP contribution is 2.31. The molecule has 3 rings (SSSR count). The average Bonchev–Trinajstić information content (AvgIpc) is 2.68. The predicted molar refractivity (Wildman–Crippen MR) is 74.1 cm³/mol. The molecule has 0 radical (unpaired) electrons. The molecular formula is C14H18BrNO2. The van der Waals surface area contributed by atoms with Gasteiger partial charge in [0.25, 0.3) is 0 Å².